The van der Waals surface area contributed by atoms with Gasteiger partial charge < -0.3 is 0 Å². The van der Waals surface area contributed by atoms with Gasteiger partial charge in [-0.05, 0) is 54.8 Å². The molecule has 0 aromatic heterocycles. The molecule has 0 amide bonds. The van der Waals surface area contributed by atoms with Crippen LogP contribution < -0.4 is 11.3 Å². The van der Waals surface area contributed by atoms with E-state index in [0.717, 1.165) is 26.8 Å². The Labute approximate surface area is 133 Å². The summed E-state index contributed by atoms with van der Waals surface area (Å²) >= 11 is 7.64. The van der Waals surface area contributed by atoms with Crippen LogP contribution in [0.15, 0.2) is 47.4 Å². The summed E-state index contributed by atoms with van der Waals surface area (Å²) in [6, 6.07) is 12.6. The van der Waals surface area contributed by atoms with E-state index in [1.165, 1.54) is 6.07 Å². The van der Waals surface area contributed by atoms with Crippen molar-refractivity contribution in [2.24, 2.45) is 5.84 Å². The van der Waals surface area contributed by atoms with Crippen LogP contribution in [-0.2, 0) is 6.42 Å². The van der Waals surface area contributed by atoms with Crippen LogP contribution in [0, 0.1) is 12.7 Å². The Bertz CT molecular complexity index is 607. The van der Waals surface area contributed by atoms with Gasteiger partial charge in [0.15, 0.2) is 0 Å². The molecule has 0 aliphatic carbocycles. The van der Waals surface area contributed by atoms with Gasteiger partial charge in [0.05, 0.1) is 0 Å². The van der Waals surface area contributed by atoms with Crippen molar-refractivity contribution in [2.45, 2.75) is 24.3 Å². The van der Waals surface area contributed by atoms with Crippen LogP contribution in [0.3, 0.4) is 0 Å². The molecule has 0 aliphatic heterocycles. The Hall–Kier alpha value is -1.07. The first-order valence-electron chi connectivity index (χ1n) is 6.68. The number of halogens is 2. The predicted octanol–water partition coefficient (Wildman–Crippen LogP) is 3.95. The molecule has 2 rings (SSSR count). The first kappa shape index (κ1) is 16.3. The Morgan fingerprint density at radius 3 is 2.81 bits per heavy atom. The molecule has 0 bridgehead atoms. The van der Waals surface area contributed by atoms with Crippen LogP contribution in [-0.4, -0.2) is 11.8 Å². The molecule has 1 unspecified atom stereocenters. The van der Waals surface area contributed by atoms with E-state index in [1.807, 2.05) is 31.2 Å². The highest BCUT2D eigenvalue weighted by atomic mass is 35.5. The molecular weight excluding hydrogens is 307 g/mol. The van der Waals surface area contributed by atoms with Crippen molar-refractivity contribution in [1.82, 2.24) is 5.43 Å². The zero-order valence-corrected chi connectivity index (χ0v) is 13.3. The second kappa shape index (κ2) is 7.80. The number of hydrogen-bond acceptors (Lipinski definition) is 3. The second-order valence-corrected chi connectivity index (χ2v) is 6.44. The lowest BCUT2D eigenvalue weighted by atomic mass is 10.0. The Morgan fingerprint density at radius 1 is 1.29 bits per heavy atom. The number of nitrogens with two attached hydrogens (primary N) is 1. The maximum absolute atomic E-state index is 13.3. The predicted molar refractivity (Wildman–Crippen MR) is 88.1 cm³/mol. The van der Waals surface area contributed by atoms with Crippen LogP contribution in [0.5, 0.6) is 0 Å². The molecule has 5 heteroatoms. The van der Waals surface area contributed by atoms with Gasteiger partial charge in [0.2, 0.25) is 0 Å². The number of aryl methyl sites for hydroxylation is 1. The van der Waals surface area contributed by atoms with Gasteiger partial charge >= 0.3 is 0 Å². The zero-order chi connectivity index (χ0) is 15.2. The SMILES string of the molecule is Cc1ccc(F)cc1CC(CSc1cccc(Cl)c1)NN. The molecule has 2 nitrogen and oxygen atoms in total. The Kier molecular flexibility index (Phi) is 6.06. The monoisotopic (exact) mass is 324 g/mol. The average Bonchev–Trinajstić information content (AvgIpc) is 2.47. The fourth-order valence-electron chi connectivity index (χ4n) is 2.04. The number of nitrogens with one attached hydrogen (secondary N) is 1. The Morgan fingerprint density at radius 2 is 2.10 bits per heavy atom. The lowest BCUT2D eigenvalue weighted by molar-refractivity contribution is 0.569. The van der Waals surface area contributed by atoms with E-state index in [0.29, 0.717) is 6.42 Å². The molecule has 2 aromatic carbocycles. The first-order chi connectivity index (χ1) is 10.1. The lowest BCUT2D eigenvalue weighted by Crippen LogP contribution is -2.38. The maximum Gasteiger partial charge on any atom is 0.123 e. The minimum Gasteiger partial charge on any atom is -0.271 e. The van der Waals surface area contributed by atoms with Crippen molar-refractivity contribution >= 4 is 23.4 Å². The highest BCUT2D eigenvalue weighted by Crippen LogP contribution is 2.23. The van der Waals surface area contributed by atoms with E-state index in [9.17, 15) is 4.39 Å². The topological polar surface area (TPSA) is 38.0 Å². The molecule has 1 atom stereocenters. The molecule has 21 heavy (non-hydrogen) atoms. The van der Waals surface area contributed by atoms with Gasteiger partial charge in [0, 0.05) is 21.7 Å². The molecule has 0 fully saturated rings. The lowest BCUT2D eigenvalue weighted by Gasteiger charge is -2.17. The third-order valence-electron chi connectivity index (χ3n) is 3.26. The largest absolute Gasteiger partial charge is 0.271 e. The number of hydrogen-bond donors (Lipinski definition) is 2. The van der Waals surface area contributed by atoms with Crippen LogP contribution in [0.4, 0.5) is 4.39 Å². The summed E-state index contributed by atoms with van der Waals surface area (Å²) in [7, 11) is 0. The third kappa shape index (κ3) is 5.00. The summed E-state index contributed by atoms with van der Waals surface area (Å²) in [6.45, 7) is 1.98. The summed E-state index contributed by atoms with van der Waals surface area (Å²) in [4.78, 5) is 1.10. The fourth-order valence-corrected chi connectivity index (χ4v) is 3.29. The molecule has 112 valence electrons. The van der Waals surface area contributed by atoms with Crippen molar-refractivity contribution in [3.8, 4) is 0 Å². The normalized spacial score (nSPS) is 12.4. The molecule has 0 radical (unpaired) electrons. The van der Waals surface area contributed by atoms with Crippen molar-refractivity contribution in [2.75, 3.05) is 5.75 Å². The quantitative estimate of drug-likeness (QED) is 0.480. The fraction of sp³-hybridized carbons (Fsp3) is 0.250. The Balaban J connectivity index is 1.98. The average molecular weight is 325 g/mol. The second-order valence-electron chi connectivity index (χ2n) is 4.91. The van der Waals surface area contributed by atoms with Crippen molar-refractivity contribution in [3.63, 3.8) is 0 Å². The highest BCUT2D eigenvalue weighted by molar-refractivity contribution is 7.99. The smallest absolute Gasteiger partial charge is 0.123 e. The zero-order valence-electron chi connectivity index (χ0n) is 11.8. The van der Waals surface area contributed by atoms with E-state index in [-0.39, 0.29) is 11.9 Å². The minimum absolute atomic E-state index is 0.0643. The summed E-state index contributed by atoms with van der Waals surface area (Å²) in [5.41, 5.74) is 4.86. The number of benzene rings is 2. The van der Waals surface area contributed by atoms with Gasteiger partial charge in [0.25, 0.3) is 0 Å². The van der Waals surface area contributed by atoms with Crippen molar-refractivity contribution < 1.29 is 4.39 Å². The van der Waals surface area contributed by atoms with E-state index >= 15 is 0 Å². The standard InChI is InChI=1S/C16H18ClFN2S/c1-11-5-6-14(18)7-12(11)8-15(20-19)10-21-16-4-2-3-13(17)9-16/h2-7,9,15,20H,8,10,19H2,1H3. The molecule has 0 saturated heterocycles. The van der Waals surface area contributed by atoms with Crippen LogP contribution in [0.1, 0.15) is 11.1 Å². The van der Waals surface area contributed by atoms with E-state index in [1.54, 1.807) is 23.9 Å². The third-order valence-corrected chi connectivity index (χ3v) is 4.65. The molecule has 2 aromatic rings. The molecule has 0 spiro atoms. The number of hydrazine groups is 1. The summed E-state index contributed by atoms with van der Waals surface area (Å²) < 4.78 is 13.3. The van der Waals surface area contributed by atoms with Crippen LogP contribution in [0.25, 0.3) is 0 Å². The summed E-state index contributed by atoms with van der Waals surface area (Å²) in [6.07, 6.45) is 0.688. The minimum atomic E-state index is -0.214. The summed E-state index contributed by atoms with van der Waals surface area (Å²) in [5, 5.41) is 0.721. The van der Waals surface area contributed by atoms with Gasteiger partial charge in [-0.25, -0.2) is 4.39 Å². The van der Waals surface area contributed by atoms with Crippen LogP contribution in [0.2, 0.25) is 5.02 Å². The van der Waals surface area contributed by atoms with Crippen molar-refractivity contribution in [3.05, 3.63) is 64.4 Å². The van der Waals surface area contributed by atoms with E-state index in [4.69, 9.17) is 17.4 Å². The first-order valence-corrected chi connectivity index (χ1v) is 8.04. The number of rotatable bonds is 6. The molecule has 0 aliphatic rings. The van der Waals surface area contributed by atoms with E-state index < -0.39 is 0 Å². The van der Waals surface area contributed by atoms with Gasteiger partial charge in [-0.2, -0.15) is 0 Å². The van der Waals surface area contributed by atoms with Gasteiger partial charge in [0.1, 0.15) is 5.82 Å². The summed E-state index contributed by atoms with van der Waals surface area (Å²) in [5.74, 6) is 6.19. The van der Waals surface area contributed by atoms with Gasteiger partial charge in [-0.1, -0.05) is 23.7 Å². The molecule has 0 saturated carbocycles. The van der Waals surface area contributed by atoms with Gasteiger partial charge in [-0.15, -0.1) is 11.8 Å². The maximum atomic E-state index is 13.3. The number of thioether (sulfide) groups is 1. The molecular formula is C16H18ClFN2S. The van der Waals surface area contributed by atoms with Gasteiger partial charge in [-0.3, -0.25) is 11.3 Å². The van der Waals surface area contributed by atoms with E-state index in [2.05, 4.69) is 5.43 Å². The van der Waals surface area contributed by atoms with Crippen LogP contribution >= 0.6 is 23.4 Å². The molecule has 3 N–H and O–H groups in total. The highest BCUT2D eigenvalue weighted by Gasteiger charge is 2.11. The molecule has 0 heterocycles. The van der Waals surface area contributed by atoms with Crippen molar-refractivity contribution in [1.29, 1.82) is 0 Å².